The zero-order valence-electron chi connectivity index (χ0n) is 13.3. The average molecular weight is 271 g/mol. The second-order valence-electron chi connectivity index (χ2n) is 7.65. The standard InChI is InChI=1S/C19H29N/c1-14(15-9-5-4-6-10-15)20-18-17-12-8-7-11-16(17)13-19(18,2)3/h7-8,11-12,14-15,18,20H,4-6,9-10,13H2,1-3H3. The normalized spacial score (nSPS) is 27.2. The first-order valence-electron chi connectivity index (χ1n) is 8.42. The van der Waals surface area contributed by atoms with E-state index in [0.29, 0.717) is 17.5 Å². The first kappa shape index (κ1) is 14.1. The molecule has 2 aliphatic rings. The van der Waals surface area contributed by atoms with E-state index in [1.165, 1.54) is 38.5 Å². The minimum absolute atomic E-state index is 0.340. The Hall–Kier alpha value is -0.820. The lowest BCUT2D eigenvalue weighted by atomic mass is 9.81. The maximum atomic E-state index is 4.00. The second-order valence-corrected chi connectivity index (χ2v) is 7.65. The predicted molar refractivity (Wildman–Crippen MR) is 85.8 cm³/mol. The minimum atomic E-state index is 0.340. The molecule has 1 saturated carbocycles. The van der Waals surface area contributed by atoms with E-state index in [0.717, 1.165) is 5.92 Å². The molecule has 2 atom stereocenters. The van der Waals surface area contributed by atoms with Gasteiger partial charge in [0.25, 0.3) is 0 Å². The number of rotatable bonds is 3. The van der Waals surface area contributed by atoms with E-state index in [1.807, 2.05) is 0 Å². The van der Waals surface area contributed by atoms with Gasteiger partial charge in [-0.05, 0) is 48.6 Å². The monoisotopic (exact) mass is 271 g/mol. The largest absolute Gasteiger partial charge is 0.307 e. The summed E-state index contributed by atoms with van der Waals surface area (Å²) in [6.45, 7) is 7.24. The molecule has 0 bridgehead atoms. The molecule has 1 heteroatoms. The van der Waals surface area contributed by atoms with Crippen LogP contribution >= 0.6 is 0 Å². The molecular formula is C19H29N. The molecule has 3 rings (SSSR count). The molecule has 0 spiro atoms. The number of nitrogens with one attached hydrogen (secondary N) is 1. The Morgan fingerprint density at radius 3 is 2.55 bits per heavy atom. The topological polar surface area (TPSA) is 12.0 Å². The lowest BCUT2D eigenvalue weighted by Gasteiger charge is -2.36. The Bertz CT molecular complexity index is 457. The molecule has 110 valence electrons. The number of hydrogen-bond donors (Lipinski definition) is 1. The highest BCUT2D eigenvalue weighted by molar-refractivity contribution is 5.37. The van der Waals surface area contributed by atoms with Crippen LogP contribution in [0, 0.1) is 11.3 Å². The van der Waals surface area contributed by atoms with Gasteiger partial charge < -0.3 is 5.32 Å². The molecule has 1 N–H and O–H groups in total. The third-order valence-electron chi connectivity index (χ3n) is 5.58. The zero-order valence-corrected chi connectivity index (χ0v) is 13.3. The zero-order chi connectivity index (χ0) is 14.2. The molecule has 1 nitrogen and oxygen atoms in total. The second kappa shape index (κ2) is 5.52. The number of fused-ring (bicyclic) bond motifs is 1. The average Bonchev–Trinajstić information content (AvgIpc) is 2.70. The number of benzene rings is 1. The van der Waals surface area contributed by atoms with Gasteiger partial charge >= 0.3 is 0 Å². The Balaban J connectivity index is 1.75. The lowest BCUT2D eigenvalue weighted by Crippen LogP contribution is -2.41. The fourth-order valence-electron chi connectivity index (χ4n) is 4.34. The van der Waals surface area contributed by atoms with E-state index in [9.17, 15) is 0 Å². The van der Waals surface area contributed by atoms with E-state index in [1.54, 1.807) is 11.1 Å². The van der Waals surface area contributed by atoms with Gasteiger partial charge in [0, 0.05) is 12.1 Å². The Morgan fingerprint density at radius 2 is 1.80 bits per heavy atom. The molecule has 1 aromatic rings. The SMILES string of the molecule is CC(NC1c2ccccc2CC1(C)C)C1CCCCC1. The molecule has 0 saturated heterocycles. The van der Waals surface area contributed by atoms with Crippen molar-refractivity contribution in [2.24, 2.45) is 11.3 Å². The van der Waals surface area contributed by atoms with Crippen LogP contribution in [0.2, 0.25) is 0 Å². The molecule has 0 heterocycles. The van der Waals surface area contributed by atoms with Crippen molar-refractivity contribution in [2.75, 3.05) is 0 Å². The maximum Gasteiger partial charge on any atom is 0.0379 e. The van der Waals surface area contributed by atoms with Crippen LogP contribution in [0.4, 0.5) is 0 Å². The molecule has 0 radical (unpaired) electrons. The Labute approximate surface area is 124 Å². The van der Waals surface area contributed by atoms with Crippen molar-refractivity contribution in [3.63, 3.8) is 0 Å². The van der Waals surface area contributed by atoms with Gasteiger partial charge in [-0.1, -0.05) is 57.4 Å². The van der Waals surface area contributed by atoms with Crippen LogP contribution in [0.3, 0.4) is 0 Å². The van der Waals surface area contributed by atoms with Gasteiger partial charge in [-0.3, -0.25) is 0 Å². The van der Waals surface area contributed by atoms with E-state index in [-0.39, 0.29) is 0 Å². The smallest absolute Gasteiger partial charge is 0.0379 e. The minimum Gasteiger partial charge on any atom is -0.307 e. The summed E-state index contributed by atoms with van der Waals surface area (Å²) in [5.74, 6) is 0.882. The van der Waals surface area contributed by atoms with Crippen molar-refractivity contribution in [1.82, 2.24) is 5.32 Å². The van der Waals surface area contributed by atoms with Crippen molar-refractivity contribution >= 4 is 0 Å². The third kappa shape index (κ3) is 2.65. The molecule has 2 aliphatic carbocycles. The first-order valence-corrected chi connectivity index (χ1v) is 8.42. The van der Waals surface area contributed by atoms with Crippen LogP contribution in [0.15, 0.2) is 24.3 Å². The van der Waals surface area contributed by atoms with Crippen molar-refractivity contribution in [1.29, 1.82) is 0 Å². The highest BCUT2D eigenvalue weighted by Crippen LogP contribution is 2.45. The van der Waals surface area contributed by atoms with Crippen LogP contribution in [-0.2, 0) is 6.42 Å². The summed E-state index contributed by atoms with van der Waals surface area (Å²) in [7, 11) is 0. The molecule has 1 fully saturated rings. The van der Waals surface area contributed by atoms with E-state index in [2.05, 4.69) is 50.4 Å². The quantitative estimate of drug-likeness (QED) is 0.827. The molecule has 1 aromatic carbocycles. The summed E-state index contributed by atoms with van der Waals surface area (Å²) in [5.41, 5.74) is 3.43. The molecule has 20 heavy (non-hydrogen) atoms. The van der Waals surface area contributed by atoms with E-state index < -0.39 is 0 Å². The molecule has 0 aromatic heterocycles. The molecule has 2 unspecified atom stereocenters. The highest BCUT2D eigenvalue weighted by atomic mass is 15.0. The van der Waals surface area contributed by atoms with Crippen molar-refractivity contribution in [2.45, 2.75) is 71.4 Å². The fraction of sp³-hybridized carbons (Fsp3) is 0.684. The van der Waals surface area contributed by atoms with Crippen molar-refractivity contribution < 1.29 is 0 Å². The summed E-state index contributed by atoms with van der Waals surface area (Å²) >= 11 is 0. The first-order chi connectivity index (χ1) is 9.58. The van der Waals surface area contributed by atoms with E-state index >= 15 is 0 Å². The third-order valence-corrected chi connectivity index (χ3v) is 5.58. The summed E-state index contributed by atoms with van der Waals surface area (Å²) in [5, 5.41) is 4.00. The van der Waals surface area contributed by atoms with Gasteiger partial charge in [-0.15, -0.1) is 0 Å². The van der Waals surface area contributed by atoms with Gasteiger partial charge in [0.1, 0.15) is 0 Å². The van der Waals surface area contributed by atoms with Crippen LogP contribution in [0.25, 0.3) is 0 Å². The molecular weight excluding hydrogens is 242 g/mol. The highest BCUT2D eigenvalue weighted by Gasteiger charge is 2.39. The van der Waals surface area contributed by atoms with E-state index in [4.69, 9.17) is 0 Å². The fourth-order valence-corrected chi connectivity index (χ4v) is 4.34. The predicted octanol–water partition coefficient (Wildman–Crippen LogP) is 4.87. The Morgan fingerprint density at radius 1 is 1.10 bits per heavy atom. The molecule has 0 aliphatic heterocycles. The number of hydrogen-bond acceptors (Lipinski definition) is 1. The lowest BCUT2D eigenvalue weighted by molar-refractivity contribution is 0.203. The van der Waals surface area contributed by atoms with Gasteiger partial charge in [0.15, 0.2) is 0 Å². The Kier molecular flexibility index (Phi) is 3.90. The maximum absolute atomic E-state index is 4.00. The van der Waals surface area contributed by atoms with Crippen molar-refractivity contribution in [3.8, 4) is 0 Å². The summed E-state index contributed by atoms with van der Waals surface area (Å²) < 4.78 is 0. The molecule has 0 amide bonds. The van der Waals surface area contributed by atoms with Crippen LogP contribution < -0.4 is 5.32 Å². The van der Waals surface area contributed by atoms with Gasteiger partial charge in [0.2, 0.25) is 0 Å². The van der Waals surface area contributed by atoms with Crippen LogP contribution in [-0.4, -0.2) is 6.04 Å². The van der Waals surface area contributed by atoms with Crippen molar-refractivity contribution in [3.05, 3.63) is 35.4 Å². The summed E-state index contributed by atoms with van der Waals surface area (Å²) in [6.07, 6.45) is 8.35. The van der Waals surface area contributed by atoms with Crippen LogP contribution in [0.5, 0.6) is 0 Å². The summed E-state index contributed by atoms with van der Waals surface area (Å²) in [4.78, 5) is 0. The van der Waals surface area contributed by atoms with Gasteiger partial charge in [0.05, 0.1) is 0 Å². The van der Waals surface area contributed by atoms with Gasteiger partial charge in [-0.2, -0.15) is 0 Å². The summed E-state index contributed by atoms with van der Waals surface area (Å²) in [6, 6.07) is 10.2. The van der Waals surface area contributed by atoms with Crippen LogP contribution in [0.1, 0.15) is 70.0 Å². The van der Waals surface area contributed by atoms with Gasteiger partial charge in [-0.25, -0.2) is 0 Å².